The summed E-state index contributed by atoms with van der Waals surface area (Å²) in [6.07, 6.45) is 0. The average molecular weight is 288 g/mol. The van der Waals surface area contributed by atoms with Gasteiger partial charge in [-0.05, 0) is 39.8 Å². The minimum Gasteiger partial charge on any atom is -0.336 e. The van der Waals surface area contributed by atoms with E-state index < -0.39 is 0 Å². The number of hydrogen-bond acceptors (Lipinski definition) is 3. The van der Waals surface area contributed by atoms with E-state index in [-0.39, 0.29) is 17.2 Å². The summed E-state index contributed by atoms with van der Waals surface area (Å²) in [5.74, 6) is 0.0754. The standard InChI is InChI=1S/C17H24N2O2/c1-13(20)14-5-7-15(8-6-14)16(21)18-9-11-19(12-10-18)17(2,3)4/h5-8H,9-12H2,1-4H3. The molecule has 4 heteroatoms. The van der Waals surface area contributed by atoms with Gasteiger partial charge in [0.1, 0.15) is 0 Å². The Morgan fingerprint density at radius 1 is 0.905 bits per heavy atom. The first-order chi connectivity index (χ1) is 9.79. The number of carbonyl (C=O) groups excluding carboxylic acids is 2. The molecule has 1 aliphatic heterocycles. The molecule has 1 heterocycles. The van der Waals surface area contributed by atoms with Crippen LogP contribution in [-0.4, -0.2) is 53.2 Å². The summed E-state index contributed by atoms with van der Waals surface area (Å²) < 4.78 is 0. The van der Waals surface area contributed by atoms with Crippen LogP contribution in [0, 0.1) is 0 Å². The molecule has 0 aliphatic carbocycles. The van der Waals surface area contributed by atoms with Crippen LogP contribution in [0.4, 0.5) is 0 Å². The molecule has 1 amide bonds. The fourth-order valence-electron chi connectivity index (χ4n) is 2.61. The maximum Gasteiger partial charge on any atom is 0.253 e. The first-order valence-electron chi connectivity index (χ1n) is 7.44. The Bertz CT molecular complexity index is 521. The van der Waals surface area contributed by atoms with Crippen LogP contribution in [0.3, 0.4) is 0 Å². The van der Waals surface area contributed by atoms with Gasteiger partial charge in [0.15, 0.2) is 5.78 Å². The third-order valence-electron chi connectivity index (χ3n) is 4.05. The molecule has 0 unspecified atom stereocenters. The van der Waals surface area contributed by atoms with Gasteiger partial charge in [0.25, 0.3) is 5.91 Å². The van der Waals surface area contributed by atoms with Crippen LogP contribution in [0.5, 0.6) is 0 Å². The number of carbonyl (C=O) groups is 2. The molecule has 1 aromatic carbocycles. The lowest BCUT2D eigenvalue weighted by molar-refractivity contribution is 0.0451. The summed E-state index contributed by atoms with van der Waals surface area (Å²) >= 11 is 0. The van der Waals surface area contributed by atoms with E-state index in [1.165, 1.54) is 6.92 Å². The minimum absolute atomic E-state index is 0.0211. The number of ketones is 1. The molecule has 0 aromatic heterocycles. The summed E-state index contributed by atoms with van der Waals surface area (Å²) in [6.45, 7) is 11.4. The van der Waals surface area contributed by atoms with Crippen molar-refractivity contribution in [1.29, 1.82) is 0 Å². The Labute approximate surface area is 126 Å². The van der Waals surface area contributed by atoms with E-state index in [9.17, 15) is 9.59 Å². The maximum absolute atomic E-state index is 12.5. The molecule has 1 saturated heterocycles. The van der Waals surface area contributed by atoms with Crippen LogP contribution in [0.2, 0.25) is 0 Å². The zero-order valence-corrected chi connectivity index (χ0v) is 13.3. The van der Waals surface area contributed by atoms with Crippen molar-refractivity contribution in [2.45, 2.75) is 33.2 Å². The summed E-state index contributed by atoms with van der Waals surface area (Å²) in [6, 6.07) is 6.94. The SMILES string of the molecule is CC(=O)c1ccc(C(=O)N2CCN(C(C)(C)C)CC2)cc1. The lowest BCUT2D eigenvalue weighted by Gasteiger charge is -2.42. The lowest BCUT2D eigenvalue weighted by Crippen LogP contribution is -2.54. The number of nitrogens with zero attached hydrogens (tertiary/aromatic N) is 2. The van der Waals surface area contributed by atoms with Crippen molar-refractivity contribution in [1.82, 2.24) is 9.80 Å². The molecule has 0 atom stereocenters. The van der Waals surface area contributed by atoms with Gasteiger partial charge in [0, 0.05) is 42.8 Å². The highest BCUT2D eigenvalue weighted by Gasteiger charge is 2.28. The second-order valence-corrected chi connectivity index (χ2v) is 6.58. The molecule has 114 valence electrons. The van der Waals surface area contributed by atoms with E-state index in [1.807, 2.05) is 4.90 Å². The van der Waals surface area contributed by atoms with Crippen molar-refractivity contribution in [3.05, 3.63) is 35.4 Å². The Hall–Kier alpha value is -1.68. The monoisotopic (exact) mass is 288 g/mol. The quantitative estimate of drug-likeness (QED) is 0.785. The third-order valence-corrected chi connectivity index (χ3v) is 4.05. The fraction of sp³-hybridized carbons (Fsp3) is 0.529. The molecule has 2 rings (SSSR count). The maximum atomic E-state index is 12.5. The molecule has 1 aliphatic rings. The van der Waals surface area contributed by atoms with Gasteiger partial charge >= 0.3 is 0 Å². The highest BCUT2D eigenvalue weighted by molar-refractivity contribution is 5.97. The molecule has 0 bridgehead atoms. The number of amides is 1. The van der Waals surface area contributed by atoms with Crippen LogP contribution in [-0.2, 0) is 0 Å². The predicted octanol–water partition coefficient (Wildman–Crippen LogP) is 2.45. The Morgan fingerprint density at radius 2 is 1.38 bits per heavy atom. The second-order valence-electron chi connectivity index (χ2n) is 6.58. The van der Waals surface area contributed by atoms with E-state index in [4.69, 9.17) is 0 Å². The van der Waals surface area contributed by atoms with E-state index in [0.717, 1.165) is 26.2 Å². The highest BCUT2D eigenvalue weighted by Crippen LogP contribution is 2.17. The zero-order chi connectivity index (χ0) is 15.6. The molecule has 0 radical (unpaired) electrons. The number of rotatable bonds is 2. The predicted molar refractivity (Wildman–Crippen MR) is 83.7 cm³/mol. The summed E-state index contributed by atoms with van der Waals surface area (Å²) in [5, 5.41) is 0. The second kappa shape index (κ2) is 5.98. The smallest absolute Gasteiger partial charge is 0.253 e. The van der Waals surface area contributed by atoms with Gasteiger partial charge in [-0.2, -0.15) is 0 Å². The zero-order valence-electron chi connectivity index (χ0n) is 13.3. The topological polar surface area (TPSA) is 40.6 Å². The van der Waals surface area contributed by atoms with Gasteiger partial charge in [0.05, 0.1) is 0 Å². The number of hydrogen-bond donors (Lipinski definition) is 0. The molecule has 0 N–H and O–H groups in total. The van der Waals surface area contributed by atoms with Gasteiger partial charge in [-0.15, -0.1) is 0 Å². The first-order valence-corrected chi connectivity index (χ1v) is 7.44. The normalized spacial score (nSPS) is 16.9. The van der Waals surface area contributed by atoms with Crippen molar-refractivity contribution in [2.24, 2.45) is 0 Å². The molecular formula is C17H24N2O2. The van der Waals surface area contributed by atoms with Gasteiger partial charge in [-0.25, -0.2) is 0 Å². The van der Waals surface area contributed by atoms with Crippen molar-refractivity contribution < 1.29 is 9.59 Å². The molecule has 4 nitrogen and oxygen atoms in total. The van der Waals surface area contributed by atoms with E-state index >= 15 is 0 Å². The van der Waals surface area contributed by atoms with Gasteiger partial charge in [-0.1, -0.05) is 12.1 Å². The Kier molecular flexibility index (Phi) is 4.47. The van der Waals surface area contributed by atoms with Crippen LogP contribution >= 0.6 is 0 Å². The van der Waals surface area contributed by atoms with Crippen molar-refractivity contribution in [3.63, 3.8) is 0 Å². The molecule has 1 aromatic rings. The Balaban J connectivity index is 2.00. The molecular weight excluding hydrogens is 264 g/mol. The number of benzene rings is 1. The Morgan fingerprint density at radius 3 is 1.81 bits per heavy atom. The van der Waals surface area contributed by atoms with Crippen LogP contribution in [0.15, 0.2) is 24.3 Å². The number of Topliss-reactive ketones (excluding diaryl/α,β-unsaturated/α-hetero) is 1. The lowest BCUT2D eigenvalue weighted by atomic mass is 10.0. The fourth-order valence-corrected chi connectivity index (χ4v) is 2.61. The summed E-state index contributed by atoms with van der Waals surface area (Å²) in [4.78, 5) is 28.0. The molecule has 0 saturated carbocycles. The largest absolute Gasteiger partial charge is 0.336 e. The van der Waals surface area contributed by atoms with E-state index in [1.54, 1.807) is 24.3 Å². The molecule has 1 fully saturated rings. The van der Waals surface area contributed by atoms with Crippen molar-refractivity contribution in [3.8, 4) is 0 Å². The van der Waals surface area contributed by atoms with Crippen LogP contribution < -0.4 is 0 Å². The molecule has 0 spiro atoms. The summed E-state index contributed by atoms with van der Waals surface area (Å²) in [7, 11) is 0. The summed E-state index contributed by atoms with van der Waals surface area (Å²) in [5.41, 5.74) is 1.45. The van der Waals surface area contributed by atoms with Gasteiger partial charge in [-0.3, -0.25) is 14.5 Å². The van der Waals surface area contributed by atoms with Crippen molar-refractivity contribution in [2.75, 3.05) is 26.2 Å². The van der Waals surface area contributed by atoms with Gasteiger partial charge < -0.3 is 4.90 Å². The van der Waals surface area contributed by atoms with Crippen LogP contribution in [0.25, 0.3) is 0 Å². The minimum atomic E-state index is 0.0211. The highest BCUT2D eigenvalue weighted by atomic mass is 16.2. The first kappa shape index (κ1) is 15.7. The molecule has 21 heavy (non-hydrogen) atoms. The van der Waals surface area contributed by atoms with Crippen molar-refractivity contribution >= 4 is 11.7 Å². The number of piperazine rings is 1. The van der Waals surface area contributed by atoms with Crippen LogP contribution in [0.1, 0.15) is 48.4 Å². The van der Waals surface area contributed by atoms with E-state index in [2.05, 4.69) is 25.7 Å². The third kappa shape index (κ3) is 3.70. The average Bonchev–Trinajstić information content (AvgIpc) is 2.46. The van der Waals surface area contributed by atoms with Gasteiger partial charge in [0.2, 0.25) is 0 Å². The van der Waals surface area contributed by atoms with E-state index in [0.29, 0.717) is 11.1 Å².